The molecule has 1 nitrogen and oxygen atoms in total. The van der Waals surface area contributed by atoms with Crippen LogP contribution >= 0.6 is 0 Å². The average molecular weight is 193 g/mol. The van der Waals surface area contributed by atoms with Crippen molar-refractivity contribution in [3.8, 4) is 0 Å². The average Bonchev–Trinajstić information content (AvgIpc) is 2.19. The SMILES string of the molecule is CC.CC(C)CCc1ccccc1N. The number of anilines is 1. The smallest absolute Gasteiger partial charge is 0.0346 e. The zero-order chi connectivity index (χ0) is 11.0. The standard InChI is InChI=1S/C11H17N.C2H6/c1-9(2)7-8-10-5-3-4-6-11(10)12;1-2/h3-6,9H,7-8,12H2,1-2H3;1-2H3. The molecule has 0 radical (unpaired) electrons. The van der Waals surface area contributed by atoms with Crippen LogP contribution in [0.15, 0.2) is 24.3 Å². The maximum absolute atomic E-state index is 5.81. The summed E-state index contributed by atoms with van der Waals surface area (Å²) in [7, 11) is 0. The number of hydrogen-bond acceptors (Lipinski definition) is 1. The minimum Gasteiger partial charge on any atom is -0.399 e. The molecular formula is C13H23N. The van der Waals surface area contributed by atoms with Crippen LogP contribution in [0.25, 0.3) is 0 Å². The van der Waals surface area contributed by atoms with Gasteiger partial charge in [0.1, 0.15) is 0 Å². The van der Waals surface area contributed by atoms with Gasteiger partial charge in [-0.3, -0.25) is 0 Å². The Morgan fingerprint density at radius 2 is 1.71 bits per heavy atom. The predicted octanol–water partition coefficient (Wildman–Crippen LogP) is 3.88. The lowest BCUT2D eigenvalue weighted by Gasteiger charge is -2.06. The number of rotatable bonds is 3. The van der Waals surface area contributed by atoms with Gasteiger partial charge in [-0.1, -0.05) is 45.9 Å². The van der Waals surface area contributed by atoms with E-state index >= 15 is 0 Å². The van der Waals surface area contributed by atoms with Gasteiger partial charge in [-0.15, -0.1) is 0 Å². The summed E-state index contributed by atoms with van der Waals surface area (Å²) in [4.78, 5) is 0. The van der Waals surface area contributed by atoms with Crippen LogP contribution in [0.2, 0.25) is 0 Å². The van der Waals surface area contributed by atoms with E-state index < -0.39 is 0 Å². The van der Waals surface area contributed by atoms with Gasteiger partial charge in [-0.2, -0.15) is 0 Å². The third-order valence-electron chi connectivity index (χ3n) is 2.05. The summed E-state index contributed by atoms with van der Waals surface area (Å²) >= 11 is 0. The molecule has 1 aromatic rings. The lowest BCUT2D eigenvalue weighted by Crippen LogP contribution is -1.96. The Bertz CT molecular complexity index is 241. The summed E-state index contributed by atoms with van der Waals surface area (Å²) in [5.41, 5.74) is 8.02. The fourth-order valence-electron chi connectivity index (χ4n) is 1.21. The van der Waals surface area contributed by atoms with Crippen molar-refractivity contribution < 1.29 is 0 Å². The maximum atomic E-state index is 5.81. The second kappa shape index (κ2) is 7.43. The van der Waals surface area contributed by atoms with Crippen molar-refractivity contribution >= 4 is 5.69 Å². The fourth-order valence-corrected chi connectivity index (χ4v) is 1.21. The second-order valence-electron chi connectivity index (χ2n) is 3.63. The van der Waals surface area contributed by atoms with Gasteiger partial charge in [0.05, 0.1) is 0 Å². The highest BCUT2D eigenvalue weighted by Gasteiger charge is 1.99. The lowest BCUT2D eigenvalue weighted by atomic mass is 10.0. The van der Waals surface area contributed by atoms with E-state index in [1.165, 1.54) is 12.0 Å². The Hall–Kier alpha value is -0.980. The quantitative estimate of drug-likeness (QED) is 0.724. The van der Waals surface area contributed by atoms with E-state index in [2.05, 4.69) is 19.9 Å². The van der Waals surface area contributed by atoms with E-state index in [-0.39, 0.29) is 0 Å². The van der Waals surface area contributed by atoms with Gasteiger partial charge < -0.3 is 5.73 Å². The molecular weight excluding hydrogens is 170 g/mol. The molecule has 0 saturated carbocycles. The Balaban J connectivity index is 0.000000791. The van der Waals surface area contributed by atoms with Crippen LogP contribution in [0.4, 0.5) is 5.69 Å². The monoisotopic (exact) mass is 193 g/mol. The first-order valence-electron chi connectivity index (χ1n) is 5.53. The first kappa shape index (κ1) is 13.0. The highest BCUT2D eigenvalue weighted by molar-refractivity contribution is 5.46. The minimum atomic E-state index is 0.754. The molecule has 1 aromatic carbocycles. The summed E-state index contributed by atoms with van der Waals surface area (Å²) in [6.07, 6.45) is 2.32. The zero-order valence-corrected chi connectivity index (χ0v) is 9.88. The Morgan fingerprint density at radius 1 is 1.14 bits per heavy atom. The van der Waals surface area contributed by atoms with Crippen LogP contribution in [0.3, 0.4) is 0 Å². The third kappa shape index (κ3) is 4.90. The molecule has 0 aliphatic carbocycles. The van der Waals surface area contributed by atoms with Crippen LogP contribution in [-0.2, 0) is 6.42 Å². The summed E-state index contributed by atoms with van der Waals surface area (Å²) in [6.45, 7) is 8.47. The van der Waals surface area contributed by atoms with Gasteiger partial charge in [0.2, 0.25) is 0 Å². The number of nitrogen functional groups attached to an aromatic ring is 1. The Kier molecular flexibility index (Phi) is 6.91. The molecule has 0 aliphatic rings. The highest BCUT2D eigenvalue weighted by Crippen LogP contribution is 2.14. The van der Waals surface area contributed by atoms with Crippen molar-refractivity contribution in [1.82, 2.24) is 0 Å². The number of para-hydroxylation sites is 1. The van der Waals surface area contributed by atoms with E-state index in [1.807, 2.05) is 32.0 Å². The lowest BCUT2D eigenvalue weighted by molar-refractivity contribution is 0.587. The summed E-state index contributed by atoms with van der Waals surface area (Å²) in [5.74, 6) is 0.754. The van der Waals surface area contributed by atoms with Gasteiger partial charge in [0.15, 0.2) is 0 Å². The van der Waals surface area contributed by atoms with Crippen LogP contribution in [-0.4, -0.2) is 0 Å². The Morgan fingerprint density at radius 3 is 2.21 bits per heavy atom. The summed E-state index contributed by atoms with van der Waals surface area (Å²) in [6, 6.07) is 8.10. The van der Waals surface area contributed by atoms with Crippen LogP contribution in [0.1, 0.15) is 39.7 Å². The molecule has 0 unspecified atom stereocenters. The van der Waals surface area contributed by atoms with Crippen molar-refractivity contribution in [1.29, 1.82) is 0 Å². The van der Waals surface area contributed by atoms with Gasteiger partial charge in [-0.25, -0.2) is 0 Å². The van der Waals surface area contributed by atoms with Gasteiger partial charge in [-0.05, 0) is 30.4 Å². The van der Waals surface area contributed by atoms with Crippen molar-refractivity contribution in [3.63, 3.8) is 0 Å². The van der Waals surface area contributed by atoms with Crippen LogP contribution in [0, 0.1) is 5.92 Å². The zero-order valence-electron chi connectivity index (χ0n) is 9.88. The molecule has 0 saturated heterocycles. The molecule has 0 bridgehead atoms. The Labute approximate surface area is 88.3 Å². The molecule has 1 heteroatoms. The van der Waals surface area contributed by atoms with Gasteiger partial charge in [0.25, 0.3) is 0 Å². The first-order valence-corrected chi connectivity index (χ1v) is 5.53. The largest absolute Gasteiger partial charge is 0.399 e. The maximum Gasteiger partial charge on any atom is 0.0346 e. The van der Waals surface area contributed by atoms with E-state index in [9.17, 15) is 0 Å². The number of benzene rings is 1. The fraction of sp³-hybridized carbons (Fsp3) is 0.538. The van der Waals surface area contributed by atoms with E-state index in [1.54, 1.807) is 0 Å². The number of hydrogen-bond donors (Lipinski definition) is 1. The molecule has 1 rings (SSSR count). The van der Waals surface area contributed by atoms with E-state index in [4.69, 9.17) is 5.73 Å². The third-order valence-corrected chi connectivity index (χ3v) is 2.05. The molecule has 0 fully saturated rings. The molecule has 0 heterocycles. The molecule has 0 amide bonds. The molecule has 2 N–H and O–H groups in total. The van der Waals surface area contributed by atoms with Crippen molar-refractivity contribution in [3.05, 3.63) is 29.8 Å². The molecule has 0 spiro atoms. The molecule has 0 aromatic heterocycles. The topological polar surface area (TPSA) is 26.0 Å². The van der Waals surface area contributed by atoms with Crippen molar-refractivity contribution in [2.24, 2.45) is 5.92 Å². The van der Waals surface area contributed by atoms with E-state index in [0.717, 1.165) is 18.0 Å². The molecule has 14 heavy (non-hydrogen) atoms. The van der Waals surface area contributed by atoms with Crippen LogP contribution < -0.4 is 5.73 Å². The predicted molar refractivity (Wildman–Crippen MR) is 65.4 cm³/mol. The van der Waals surface area contributed by atoms with E-state index in [0.29, 0.717) is 0 Å². The first-order chi connectivity index (χ1) is 6.70. The van der Waals surface area contributed by atoms with Crippen molar-refractivity contribution in [2.75, 3.05) is 5.73 Å². The summed E-state index contributed by atoms with van der Waals surface area (Å²) < 4.78 is 0. The summed E-state index contributed by atoms with van der Waals surface area (Å²) in [5, 5.41) is 0. The number of aryl methyl sites for hydroxylation is 1. The molecule has 80 valence electrons. The van der Waals surface area contributed by atoms with Gasteiger partial charge >= 0.3 is 0 Å². The van der Waals surface area contributed by atoms with Gasteiger partial charge in [0, 0.05) is 5.69 Å². The second-order valence-corrected chi connectivity index (χ2v) is 3.63. The highest BCUT2D eigenvalue weighted by atomic mass is 14.6. The van der Waals surface area contributed by atoms with Crippen molar-refractivity contribution in [2.45, 2.75) is 40.5 Å². The minimum absolute atomic E-state index is 0.754. The molecule has 0 aliphatic heterocycles. The van der Waals surface area contributed by atoms with Crippen LogP contribution in [0.5, 0.6) is 0 Å². The molecule has 0 atom stereocenters. The number of nitrogens with two attached hydrogens (primary N) is 1. The normalized spacial score (nSPS) is 9.50.